The molecule has 4 heteroatoms. The maximum absolute atomic E-state index is 13.4. The molecular formula is C27H37NO3. The Morgan fingerprint density at radius 1 is 1.06 bits per heavy atom. The van der Waals surface area contributed by atoms with Crippen molar-refractivity contribution in [3.63, 3.8) is 0 Å². The Balaban J connectivity index is 2.02. The fraction of sp³-hybridized carbons (Fsp3) is 0.519. The number of benzene rings is 2. The van der Waals surface area contributed by atoms with Gasteiger partial charge in [0.15, 0.2) is 0 Å². The van der Waals surface area contributed by atoms with Crippen LogP contribution in [0.1, 0.15) is 70.4 Å². The van der Waals surface area contributed by atoms with Gasteiger partial charge in [0, 0.05) is 12.0 Å². The van der Waals surface area contributed by atoms with Crippen molar-refractivity contribution in [2.45, 2.75) is 76.5 Å². The maximum Gasteiger partial charge on any atom is 0.311 e. The van der Waals surface area contributed by atoms with E-state index in [0.29, 0.717) is 12.8 Å². The van der Waals surface area contributed by atoms with Gasteiger partial charge in [0.05, 0.1) is 11.5 Å². The normalized spacial score (nSPS) is 26.4. The Bertz CT molecular complexity index is 831. The minimum Gasteiger partial charge on any atom is -0.460 e. The summed E-state index contributed by atoms with van der Waals surface area (Å²) in [5.74, 6) is -0.693. The predicted octanol–water partition coefficient (Wildman–Crippen LogP) is 5.17. The monoisotopic (exact) mass is 423 g/mol. The van der Waals surface area contributed by atoms with Gasteiger partial charge in [0.2, 0.25) is 0 Å². The molecule has 2 N–H and O–H groups in total. The van der Waals surface area contributed by atoms with E-state index in [1.54, 1.807) is 0 Å². The van der Waals surface area contributed by atoms with Crippen LogP contribution in [0.5, 0.6) is 0 Å². The standard InChI is InChI=1S/C27H37NO3/c1-5-6-17-28-23-19-27(30,21-15-11-8-12-16-21)18-22(20-13-9-7-10-14-20)24(23)25(29)31-26(2,3)4/h7-16,22-24,28,30H,5-6,17-19H2,1-4H3/t22-,23+,24-,27+/m1/s1. The molecule has 168 valence electrons. The van der Waals surface area contributed by atoms with E-state index >= 15 is 0 Å². The van der Waals surface area contributed by atoms with Gasteiger partial charge in [-0.1, -0.05) is 74.0 Å². The number of aliphatic hydroxyl groups is 1. The first-order chi connectivity index (χ1) is 14.7. The molecule has 0 spiro atoms. The number of nitrogens with one attached hydrogen (secondary N) is 1. The second kappa shape index (κ2) is 9.97. The molecular weight excluding hydrogens is 386 g/mol. The molecule has 0 amide bonds. The van der Waals surface area contributed by atoms with E-state index in [4.69, 9.17) is 4.74 Å². The van der Waals surface area contributed by atoms with Crippen molar-refractivity contribution < 1.29 is 14.6 Å². The molecule has 4 nitrogen and oxygen atoms in total. The molecule has 1 aliphatic rings. The molecule has 0 unspecified atom stereocenters. The van der Waals surface area contributed by atoms with E-state index in [9.17, 15) is 9.90 Å². The first-order valence-corrected chi connectivity index (χ1v) is 11.5. The number of ether oxygens (including phenoxy) is 1. The highest BCUT2D eigenvalue weighted by Gasteiger charge is 2.50. The zero-order valence-electron chi connectivity index (χ0n) is 19.3. The minimum absolute atomic E-state index is 0.144. The summed E-state index contributed by atoms with van der Waals surface area (Å²) in [5.41, 5.74) is 0.402. The molecule has 2 aromatic carbocycles. The lowest BCUT2D eigenvalue weighted by atomic mass is 9.64. The number of carbonyl (C=O) groups excluding carboxylic acids is 1. The average molecular weight is 424 g/mol. The van der Waals surface area contributed by atoms with Gasteiger partial charge in [-0.15, -0.1) is 0 Å². The fourth-order valence-corrected chi connectivity index (χ4v) is 4.72. The van der Waals surface area contributed by atoms with Gasteiger partial charge in [0.1, 0.15) is 5.60 Å². The number of unbranched alkanes of at least 4 members (excludes halogenated alkanes) is 1. The van der Waals surface area contributed by atoms with E-state index in [2.05, 4.69) is 24.4 Å². The fourth-order valence-electron chi connectivity index (χ4n) is 4.72. The molecule has 0 saturated heterocycles. The SMILES string of the molecule is CCCCN[C@H]1C[C@](O)(c2ccccc2)C[C@H](c2ccccc2)[C@H]1C(=O)OC(C)(C)C. The number of hydrogen-bond acceptors (Lipinski definition) is 4. The molecule has 0 radical (unpaired) electrons. The van der Waals surface area contributed by atoms with Gasteiger partial charge in [0.25, 0.3) is 0 Å². The lowest BCUT2D eigenvalue weighted by Gasteiger charge is -2.46. The van der Waals surface area contributed by atoms with Crippen molar-refractivity contribution in [2.24, 2.45) is 5.92 Å². The van der Waals surface area contributed by atoms with Gasteiger partial charge in [-0.25, -0.2) is 0 Å². The summed E-state index contributed by atoms with van der Waals surface area (Å²) < 4.78 is 5.88. The van der Waals surface area contributed by atoms with Crippen LogP contribution < -0.4 is 5.32 Å². The van der Waals surface area contributed by atoms with Gasteiger partial charge < -0.3 is 15.2 Å². The zero-order valence-corrected chi connectivity index (χ0v) is 19.3. The van der Waals surface area contributed by atoms with Crippen molar-refractivity contribution >= 4 is 5.97 Å². The highest BCUT2D eigenvalue weighted by atomic mass is 16.6. The first kappa shape index (κ1) is 23.5. The van der Waals surface area contributed by atoms with E-state index in [0.717, 1.165) is 30.5 Å². The van der Waals surface area contributed by atoms with Gasteiger partial charge in [-0.2, -0.15) is 0 Å². The molecule has 3 rings (SSSR count). The number of rotatable bonds is 7. The van der Waals surface area contributed by atoms with E-state index in [-0.39, 0.29) is 23.8 Å². The Labute approximate surface area is 187 Å². The summed E-state index contributed by atoms with van der Waals surface area (Å²) in [4.78, 5) is 13.4. The number of hydrogen-bond donors (Lipinski definition) is 2. The third-order valence-corrected chi connectivity index (χ3v) is 6.14. The lowest BCUT2D eigenvalue weighted by Crippen LogP contribution is -2.54. The number of carbonyl (C=O) groups is 1. The van der Waals surface area contributed by atoms with Crippen molar-refractivity contribution in [2.75, 3.05) is 6.54 Å². The third kappa shape index (κ3) is 5.96. The van der Waals surface area contributed by atoms with Crippen LogP contribution in [-0.2, 0) is 15.1 Å². The Morgan fingerprint density at radius 2 is 1.68 bits per heavy atom. The molecule has 1 aliphatic carbocycles. The predicted molar refractivity (Wildman–Crippen MR) is 125 cm³/mol. The molecule has 0 heterocycles. The van der Waals surface area contributed by atoms with E-state index < -0.39 is 11.2 Å². The van der Waals surface area contributed by atoms with Gasteiger partial charge in [-0.05, 0) is 57.7 Å². The molecule has 1 fully saturated rings. The van der Waals surface area contributed by atoms with Crippen LogP contribution in [0.25, 0.3) is 0 Å². The molecule has 0 aliphatic heterocycles. The van der Waals surface area contributed by atoms with Crippen LogP contribution in [0.4, 0.5) is 0 Å². The minimum atomic E-state index is -1.01. The summed E-state index contributed by atoms with van der Waals surface area (Å²) in [6, 6.07) is 19.8. The third-order valence-electron chi connectivity index (χ3n) is 6.14. The summed E-state index contributed by atoms with van der Waals surface area (Å²) >= 11 is 0. The van der Waals surface area contributed by atoms with Crippen molar-refractivity contribution in [1.82, 2.24) is 5.32 Å². The Morgan fingerprint density at radius 3 is 2.26 bits per heavy atom. The van der Waals surface area contributed by atoms with Crippen LogP contribution >= 0.6 is 0 Å². The second-order valence-corrected chi connectivity index (χ2v) is 9.80. The van der Waals surface area contributed by atoms with Crippen LogP contribution in [0.15, 0.2) is 60.7 Å². The van der Waals surface area contributed by atoms with Crippen molar-refractivity contribution in [3.05, 3.63) is 71.8 Å². The van der Waals surface area contributed by atoms with Crippen LogP contribution in [-0.4, -0.2) is 29.3 Å². The highest BCUT2D eigenvalue weighted by Crippen LogP contribution is 2.48. The average Bonchev–Trinajstić information content (AvgIpc) is 2.73. The zero-order chi connectivity index (χ0) is 22.5. The van der Waals surface area contributed by atoms with Crippen molar-refractivity contribution in [1.29, 1.82) is 0 Å². The van der Waals surface area contributed by atoms with Gasteiger partial charge >= 0.3 is 5.97 Å². The first-order valence-electron chi connectivity index (χ1n) is 11.5. The molecule has 0 bridgehead atoms. The van der Waals surface area contributed by atoms with Gasteiger partial charge in [-0.3, -0.25) is 4.79 Å². The topological polar surface area (TPSA) is 58.6 Å². The van der Waals surface area contributed by atoms with E-state index in [1.165, 1.54) is 0 Å². The number of esters is 1. The summed E-state index contributed by atoms with van der Waals surface area (Å²) in [5, 5.41) is 15.4. The molecule has 4 atom stereocenters. The van der Waals surface area contributed by atoms with Crippen LogP contribution in [0, 0.1) is 5.92 Å². The molecule has 0 aromatic heterocycles. The highest BCUT2D eigenvalue weighted by molar-refractivity contribution is 5.75. The summed E-state index contributed by atoms with van der Waals surface area (Å²) in [6.45, 7) is 8.69. The Kier molecular flexibility index (Phi) is 7.55. The van der Waals surface area contributed by atoms with Crippen LogP contribution in [0.3, 0.4) is 0 Å². The molecule has 1 saturated carbocycles. The van der Waals surface area contributed by atoms with E-state index in [1.807, 2.05) is 69.3 Å². The Hall–Kier alpha value is -2.17. The molecule has 2 aromatic rings. The second-order valence-electron chi connectivity index (χ2n) is 9.80. The largest absolute Gasteiger partial charge is 0.460 e. The summed E-state index contributed by atoms with van der Waals surface area (Å²) in [7, 11) is 0. The maximum atomic E-state index is 13.4. The molecule has 31 heavy (non-hydrogen) atoms. The van der Waals surface area contributed by atoms with Crippen LogP contribution in [0.2, 0.25) is 0 Å². The smallest absolute Gasteiger partial charge is 0.311 e. The van der Waals surface area contributed by atoms with Crippen molar-refractivity contribution in [3.8, 4) is 0 Å². The summed E-state index contributed by atoms with van der Waals surface area (Å²) in [6.07, 6.45) is 3.06. The quantitative estimate of drug-likeness (QED) is 0.477. The lowest BCUT2D eigenvalue weighted by molar-refractivity contribution is -0.166.